The molecule has 1 aromatic carbocycles. The van der Waals surface area contributed by atoms with Crippen LogP contribution >= 0.6 is 15.9 Å². The van der Waals surface area contributed by atoms with Crippen LogP contribution in [0.25, 0.3) is 0 Å². The number of aryl methyl sites for hydroxylation is 1. The van der Waals surface area contributed by atoms with Crippen LogP contribution in [0.2, 0.25) is 0 Å². The Morgan fingerprint density at radius 1 is 1.35 bits per heavy atom. The molecule has 1 atom stereocenters. The van der Waals surface area contributed by atoms with Crippen LogP contribution in [0, 0.1) is 6.92 Å². The van der Waals surface area contributed by atoms with Gasteiger partial charge in [0.05, 0.1) is 11.7 Å². The molecule has 2 aromatic rings. The van der Waals surface area contributed by atoms with Crippen LogP contribution in [0.15, 0.2) is 34.9 Å². The van der Waals surface area contributed by atoms with E-state index in [-0.39, 0.29) is 6.04 Å². The topological polar surface area (TPSA) is 55.9 Å². The van der Waals surface area contributed by atoms with E-state index in [1.54, 1.807) is 0 Å². The number of nitrogens with one attached hydrogen (secondary N) is 1. The lowest BCUT2D eigenvalue weighted by atomic mass is 9.98. The lowest BCUT2D eigenvalue weighted by Crippen LogP contribution is -2.30. The SMILES string of the molecule is Cc1cc(Br)ccc1C(Cc1ccn(C(C)C)n1)NN. The van der Waals surface area contributed by atoms with Gasteiger partial charge >= 0.3 is 0 Å². The molecule has 20 heavy (non-hydrogen) atoms. The molecule has 0 aliphatic carbocycles. The summed E-state index contributed by atoms with van der Waals surface area (Å²) in [7, 11) is 0. The fraction of sp³-hybridized carbons (Fsp3) is 0.400. The lowest BCUT2D eigenvalue weighted by molar-refractivity contribution is 0.506. The first kappa shape index (κ1) is 15.2. The van der Waals surface area contributed by atoms with Gasteiger partial charge in [-0.15, -0.1) is 0 Å². The Kier molecular flexibility index (Phi) is 4.96. The molecule has 0 amide bonds. The Bertz CT molecular complexity index is 577. The minimum Gasteiger partial charge on any atom is -0.271 e. The highest BCUT2D eigenvalue weighted by Gasteiger charge is 2.15. The maximum Gasteiger partial charge on any atom is 0.0644 e. The Labute approximate surface area is 128 Å². The number of nitrogens with zero attached hydrogens (tertiary/aromatic N) is 2. The Hall–Kier alpha value is -1.17. The quantitative estimate of drug-likeness (QED) is 0.650. The van der Waals surface area contributed by atoms with Crippen molar-refractivity contribution in [2.75, 3.05) is 0 Å². The van der Waals surface area contributed by atoms with Crippen molar-refractivity contribution in [3.05, 3.63) is 51.8 Å². The molecule has 0 spiro atoms. The number of benzene rings is 1. The van der Waals surface area contributed by atoms with Gasteiger partial charge in [0.1, 0.15) is 0 Å². The van der Waals surface area contributed by atoms with E-state index in [1.165, 1.54) is 11.1 Å². The molecule has 0 saturated carbocycles. The highest BCUT2D eigenvalue weighted by Crippen LogP contribution is 2.24. The summed E-state index contributed by atoms with van der Waals surface area (Å²) in [6.45, 7) is 6.33. The van der Waals surface area contributed by atoms with Gasteiger partial charge in [-0.3, -0.25) is 16.0 Å². The number of hydrogen-bond donors (Lipinski definition) is 2. The van der Waals surface area contributed by atoms with Crippen LogP contribution in [0.1, 0.15) is 42.8 Å². The molecule has 1 unspecified atom stereocenters. The minimum absolute atomic E-state index is 0.0682. The number of nitrogens with two attached hydrogens (primary N) is 1. The van der Waals surface area contributed by atoms with Gasteiger partial charge in [-0.1, -0.05) is 22.0 Å². The fourth-order valence-corrected chi connectivity index (χ4v) is 2.75. The average molecular weight is 337 g/mol. The maximum atomic E-state index is 5.73. The molecule has 0 aliphatic rings. The summed E-state index contributed by atoms with van der Waals surface area (Å²) in [5.41, 5.74) is 6.36. The molecule has 0 radical (unpaired) electrons. The van der Waals surface area contributed by atoms with Gasteiger partial charge in [-0.2, -0.15) is 5.10 Å². The minimum atomic E-state index is 0.0682. The highest BCUT2D eigenvalue weighted by atomic mass is 79.9. The van der Waals surface area contributed by atoms with E-state index >= 15 is 0 Å². The lowest BCUT2D eigenvalue weighted by Gasteiger charge is -2.18. The van der Waals surface area contributed by atoms with Gasteiger partial charge in [0.15, 0.2) is 0 Å². The number of hydrazine groups is 1. The van der Waals surface area contributed by atoms with Gasteiger partial charge in [0.25, 0.3) is 0 Å². The van der Waals surface area contributed by atoms with Gasteiger partial charge in [0, 0.05) is 23.1 Å². The number of aromatic nitrogens is 2. The molecule has 2 rings (SSSR count). The normalized spacial score (nSPS) is 12.9. The summed E-state index contributed by atoms with van der Waals surface area (Å²) in [5.74, 6) is 5.73. The third-order valence-corrected chi connectivity index (χ3v) is 3.91. The Balaban J connectivity index is 2.19. The molecular weight excluding hydrogens is 316 g/mol. The van der Waals surface area contributed by atoms with Crippen LogP contribution in [0.3, 0.4) is 0 Å². The summed E-state index contributed by atoms with van der Waals surface area (Å²) >= 11 is 3.49. The molecule has 1 heterocycles. The van der Waals surface area contributed by atoms with E-state index in [0.29, 0.717) is 6.04 Å². The zero-order chi connectivity index (χ0) is 14.7. The Morgan fingerprint density at radius 3 is 2.65 bits per heavy atom. The van der Waals surface area contributed by atoms with Gasteiger partial charge < -0.3 is 0 Å². The van der Waals surface area contributed by atoms with Crippen molar-refractivity contribution in [2.24, 2.45) is 5.84 Å². The van der Waals surface area contributed by atoms with E-state index in [0.717, 1.165) is 16.6 Å². The van der Waals surface area contributed by atoms with Gasteiger partial charge in [0.2, 0.25) is 0 Å². The molecule has 108 valence electrons. The second kappa shape index (κ2) is 6.52. The number of halogens is 1. The molecule has 0 saturated heterocycles. The monoisotopic (exact) mass is 336 g/mol. The molecule has 3 N–H and O–H groups in total. The summed E-state index contributed by atoms with van der Waals surface area (Å²) in [4.78, 5) is 0. The van der Waals surface area contributed by atoms with Crippen molar-refractivity contribution in [3.63, 3.8) is 0 Å². The van der Waals surface area contributed by atoms with Crippen LogP contribution < -0.4 is 11.3 Å². The first-order valence-electron chi connectivity index (χ1n) is 6.77. The molecule has 5 heteroatoms. The first-order valence-corrected chi connectivity index (χ1v) is 7.56. The molecule has 0 aliphatic heterocycles. The summed E-state index contributed by atoms with van der Waals surface area (Å²) in [6, 6.07) is 8.74. The third-order valence-electron chi connectivity index (χ3n) is 3.41. The molecular formula is C15H21BrN4. The molecule has 4 nitrogen and oxygen atoms in total. The smallest absolute Gasteiger partial charge is 0.0644 e. The third kappa shape index (κ3) is 3.48. The van der Waals surface area contributed by atoms with Gasteiger partial charge in [-0.25, -0.2) is 0 Å². The van der Waals surface area contributed by atoms with Crippen molar-refractivity contribution >= 4 is 15.9 Å². The molecule has 1 aromatic heterocycles. The van der Waals surface area contributed by atoms with Crippen molar-refractivity contribution in [3.8, 4) is 0 Å². The second-order valence-corrected chi connectivity index (χ2v) is 6.22. The predicted octanol–water partition coefficient (Wildman–Crippen LogP) is 3.28. The van der Waals surface area contributed by atoms with Crippen molar-refractivity contribution in [1.29, 1.82) is 0 Å². The zero-order valence-electron chi connectivity index (χ0n) is 12.1. The predicted molar refractivity (Wildman–Crippen MR) is 85.3 cm³/mol. The van der Waals surface area contributed by atoms with E-state index < -0.39 is 0 Å². The van der Waals surface area contributed by atoms with Gasteiger partial charge in [-0.05, 0) is 50.1 Å². The Morgan fingerprint density at radius 2 is 2.10 bits per heavy atom. The maximum absolute atomic E-state index is 5.73. The standard InChI is InChI=1S/C15H21BrN4/c1-10(2)20-7-6-13(19-20)9-15(18-17)14-5-4-12(16)8-11(14)3/h4-8,10,15,18H,9,17H2,1-3H3. The van der Waals surface area contributed by atoms with E-state index in [9.17, 15) is 0 Å². The summed E-state index contributed by atoms with van der Waals surface area (Å²) in [6.07, 6.45) is 2.79. The van der Waals surface area contributed by atoms with Crippen LogP contribution in [0.4, 0.5) is 0 Å². The average Bonchev–Trinajstić information content (AvgIpc) is 2.85. The van der Waals surface area contributed by atoms with Crippen molar-refractivity contribution in [2.45, 2.75) is 39.3 Å². The largest absolute Gasteiger partial charge is 0.271 e. The summed E-state index contributed by atoms with van der Waals surface area (Å²) in [5, 5.41) is 4.58. The number of hydrogen-bond acceptors (Lipinski definition) is 3. The number of rotatable bonds is 5. The van der Waals surface area contributed by atoms with Crippen molar-refractivity contribution in [1.82, 2.24) is 15.2 Å². The highest BCUT2D eigenvalue weighted by molar-refractivity contribution is 9.10. The fourth-order valence-electron chi connectivity index (χ4n) is 2.27. The van der Waals surface area contributed by atoms with E-state index in [4.69, 9.17) is 5.84 Å². The molecule has 0 bridgehead atoms. The van der Waals surface area contributed by atoms with Crippen LogP contribution in [-0.2, 0) is 6.42 Å². The van der Waals surface area contributed by atoms with Crippen LogP contribution in [0.5, 0.6) is 0 Å². The van der Waals surface area contributed by atoms with E-state index in [1.807, 2.05) is 16.9 Å². The van der Waals surface area contributed by atoms with Crippen molar-refractivity contribution < 1.29 is 0 Å². The van der Waals surface area contributed by atoms with Crippen LogP contribution in [-0.4, -0.2) is 9.78 Å². The summed E-state index contributed by atoms with van der Waals surface area (Å²) < 4.78 is 3.05. The molecule has 0 fully saturated rings. The second-order valence-electron chi connectivity index (χ2n) is 5.31. The first-order chi connectivity index (χ1) is 9.51. The zero-order valence-corrected chi connectivity index (χ0v) is 13.7. The van der Waals surface area contributed by atoms with E-state index in [2.05, 4.69) is 65.4 Å².